The molecule has 3 N–H and O–H groups in total. The summed E-state index contributed by atoms with van der Waals surface area (Å²) in [7, 11) is 0. The van der Waals surface area contributed by atoms with Gasteiger partial charge in [0.05, 0.1) is 30.1 Å². The molecule has 1 aromatic rings. The summed E-state index contributed by atoms with van der Waals surface area (Å²) in [4.78, 5) is 0. The van der Waals surface area contributed by atoms with Crippen LogP contribution in [0.1, 0.15) is 26.7 Å². The minimum Gasteiger partial charge on any atom is -0.492 e. The highest BCUT2D eigenvalue weighted by Gasteiger charge is 2.28. The average Bonchev–Trinajstić information content (AvgIpc) is 2.35. The largest absolute Gasteiger partial charge is 0.492 e. The molecule has 4 heteroatoms. The molecule has 0 spiro atoms. The Hall–Kier alpha value is -1.42. The summed E-state index contributed by atoms with van der Waals surface area (Å²) in [6.45, 7) is 6.31. The highest BCUT2D eigenvalue weighted by molar-refractivity contribution is 5.73. The van der Waals surface area contributed by atoms with Gasteiger partial charge in [0.2, 0.25) is 0 Å². The van der Waals surface area contributed by atoms with Crippen LogP contribution in [-0.2, 0) is 4.74 Å². The van der Waals surface area contributed by atoms with E-state index >= 15 is 0 Å². The van der Waals surface area contributed by atoms with Gasteiger partial charge >= 0.3 is 0 Å². The van der Waals surface area contributed by atoms with Gasteiger partial charge in [-0.05, 0) is 38.8 Å². The molecular weight excluding hydrogens is 228 g/mol. The van der Waals surface area contributed by atoms with Crippen LogP contribution in [0.2, 0.25) is 0 Å². The van der Waals surface area contributed by atoms with Gasteiger partial charge in [0.1, 0.15) is 5.75 Å². The first-order chi connectivity index (χ1) is 8.64. The first-order valence-corrected chi connectivity index (χ1v) is 6.52. The van der Waals surface area contributed by atoms with Crippen LogP contribution >= 0.6 is 0 Å². The van der Waals surface area contributed by atoms with E-state index in [1.54, 1.807) is 0 Å². The van der Waals surface area contributed by atoms with Gasteiger partial charge in [-0.1, -0.05) is 6.07 Å². The highest BCUT2D eigenvalue weighted by atomic mass is 16.5. The first-order valence-electron chi connectivity index (χ1n) is 6.52. The Morgan fingerprint density at radius 3 is 3.00 bits per heavy atom. The second-order valence-corrected chi connectivity index (χ2v) is 4.99. The zero-order valence-corrected chi connectivity index (χ0v) is 11.2. The molecule has 18 heavy (non-hydrogen) atoms. The number of rotatable bonds is 4. The Kier molecular flexibility index (Phi) is 3.97. The molecule has 0 radical (unpaired) electrons. The van der Waals surface area contributed by atoms with Crippen LogP contribution < -0.4 is 15.8 Å². The fraction of sp³-hybridized carbons (Fsp3) is 0.571. The van der Waals surface area contributed by atoms with Crippen molar-refractivity contribution >= 4 is 11.4 Å². The van der Waals surface area contributed by atoms with Crippen molar-refractivity contribution in [3.63, 3.8) is 0 Å². The smallest absolute Gasteiger partial charge is 0.144 e. The summed E-state index contributed by atoms with van der Waals surface area (Å²) in [5, 5.41) is 3.49. The van der Waals surface area contributed by atoms with Crippen LogP contribution in [0.25, 0.3) is 0 Å². The van der Waals surface area contributed by atoms with Crippen LogP contribution in [0.3, 0.4) is 0 Å². The maximum atomic E-state index is 6.12. The zero-order chi connectivity index (χ0) is 13.0. The third-order valence-corrected chi connectivity index (χ3v) is 3.24. The number of anilines is 2. The van der Waals surface area contributed by atoms with E-state index in [0.717, 1.165) is 30.9 Å². The number of benzene rings is 1. The molecule has 0 amide bonds. The molecule has 2 rings (SSSR count). The SMILES string of the molecule is CCOc1cccc(NC2(C)CCCOC2)c1N. The third-order valence-electron chi connectivity index (χ3n) is 3.24. The molecule has 0 bridgehead atoms. The number of nitrogens with one attached hydrogen (secondary N) is 1. The Labute approximate surface area is 108 Å². The van der Waals surface area contributed by atoms with E-state index in [1.165, 1.54) is 0 Å². The van der Waals surface area contributed by atoms with E-state index in [9.17, 15) is 0 Å². The summed E-state index contributed by atoms with van der Waals surface area (Å²) in [6.07, 6.45) is 2.17. The molecule has 1 aliphatic heterocycles. The molecule has 0 aliphatic carbocycles. The van der Waals surface area contributed by atoms with Crippen molar-refractivity contribution in [1.82, 2.24) is 0 Å². The minimum atomic E-state index is -0.0444. The van der Waals surface area contributed by atoms with Crippen LogP contribution in [-0.4, -0.2) is 25.4 Å². The van der Waals surface area contributed by atoms with Gasteiger partial charge in [-0.25, -0.2) is 0 Å². The van der Waals surface area contributed by atoms with E-state index in [4.69, 9.17) is 15.2 Å². The quantitative estimate of drug-likeness (QED) is 0.807. The fourth-order valence-corrected chi connectivity index (χ4v) is 2.29. The molecule has 1 heterocycles. The third kappa shape index (κ3) is 2.88. The topological polar surface area (TPSA) is 56.5 Å². The Morgan fingerprint density at radius 1 is 1.50 bits per heavy atom. The molecule has 100 valence electrons. The number of nitrogen functional groups attached to an aromatic ring is 1. The molecule has 1 aliphatic rings. The molecule has 1 atom stereocenters. The van der Waals surface area contributed by atoms with Crippen molar-refractivity contribution in [2.75, 3.05) is 30.9 Å². The van der Waals surface area contributed by atoms with Crippen LogP contribution in [0.15, 0.2) is 18.2 Å². The number of hydrogen-bond acceptors (Lipinski definition) is 4. The van der Waals surface area contributed by atoms with E-state index < -0.39 is 0 Å². The van der Waals surface area contributed by atoms with E-state index in [2.05, 4.69) is 12.2 Å². The lowest BCUT2D eigenvalue weighted by molar-refractivity contribution is 0.0540. The van der Waals surface area contributed by atoms with Crippen molar-refractivity contribution in [2.45, 2.75) is 32.2 Å². The number of para-hydroxylation sites is 1. The van der Waals surface area contributed by atoms with Gasteiger partial charge in [-0.3, -0.25) is 0 Å². The monoisotopic (exact) mass is 250 g/mol. The van der Waals surface area contributed by atoms with Gasteiger partial charge < -0.3 is 20.5 Å². The van der Waals surface area contributed by atoms with Gasteiger partial charge in [0, 0.05) is 6.61 Å². The minimum absolute atomic E-state index is 0.0444. The van der Waals surface area contributed by atoms with Crippen molar-refractivity contribution in [1.29, 1.82) is 0 Å². The maximum Gasteiger partial charge on any atom is 0.144 e. The lowest BCUT2D eigenvalue weighted by Crippen LogP contribution is -2.43. The second-order valence-electron chi connectivity index (χ2n) is 4.99. The normalized spacial score (nSPS) is 23.7. The van der Waals surface area contributed by atoms with Crippen LogP contribution in [0, 0.1) is 0 Å². The molecule has 1 fully saturated rings. The summed E-state index contributed by atoms with van der Waals surface area (Å²) < 4.78 is 11.0. The lowest BCUT2D eigenvalue weighted by Gasteiger charge is -2.35. The lowest BCUT2D eigenvalue weighted by atomic mass is 9.94. The van der Waals surface area contributed by atoms with E-state index in [-0.39, 0.29) is 5.54 Å². The molecule has 4 nitrogen and oxygen atoms in total. The molecule has 0 aromatic heterocycles. The van der Waals surface area contributed by atoms with Crippen molar-refractivity contribution < 1.29 is 9.47 Å². The Morgan fingerprint density at radius 2 is 2.33 bits per heavy atom. The summed E-state index contributed by atoms with van der Waals surface area (Å²) >= 11 is 0. The molecule has 0 saturated carbocycles. The summed E-state index contributed by atoms with van der Waals surface area (Å²) in [6, 6.07) is 5.83. The van der Waals surface area contributed by atoms with Gasteiger partial charge in [0.25, 0.3) is 0 Å². The standard InChI is InChI=1S/C14H22N2O2/c1-3-18-12-7-4-6-11(13(12)15)16-14(2)8-5-9-17-10-14/h4,6-7,16H,3,5,8-10,15H2,1-2H3. The van der Waals surface area contributed by atoms with Crippen molar-refractivity contribution in [3.8, 4) is 5.75 Å². The fourth-order valence-electron chi connectivity index (χ4n) is 2.29. The predicted molar refractivity (Wildman–Crippen MR) is 74.1 cm³/mol. The summed E-state index contributed by atoms with van der Waals surface area (Å²) in [5.74, 6) is 0.739. The first kappa shape index (κ1) is 13.0. The molecule has 1 saturated heterocycles. The number of ether oxygens (including phenoxy) is 2. The average molecular weight is 250 g/mol. The van der Waals surface area contributed by atoms with Crippen molar-refractivity contribution in [3.05, 3.63) is 18.2 Å². The number of nitrogens with two attached hydrogens (primary N) is 1. The maximum absolute atomic E-state index is 6.12. The van der Waals surface area contributed by atoms with Crippen molar-refractivity contribution in [2.24, 2.45) is 0 Å². The van der Waals surface area contributed by atoms with Gasteiger partial charge in [-0.2, -0.15) is 0 Å². The second kappa shape index (κ2) is 5.48. The Bertz CT molecular complexity index is 401. The molecule has 1 unspecified atom stereocenters. The highest BCUT2D eigenvalue weighted by Crippen LogP contribution is 2.33. The van der Waals surface area contributed by atoms with Crippen LogP contribution in [0.4, 0.5) is 11.4 Å². The number of hydrogen-bond donors (Lipinski definition) is 2. The predicted octanol–water partition coefficient (Wildman–Crippen LogP) is 2.65. The molecular formula is C14H22N2O2. The van der Waals surface area contributed by atoms with E-state index in [1.807, 2.05) is 25.1 Å². The Balaban J connectivity index is 2.15. The summed E-state index contributed by atoms with van der Waals surface area (Å²) in [5.41, 5.74) is 7.67. The zero-order valence-electron chi connectivity index (χ0n) is 11.2. The molecule has 1 aromatic carbocycles. The van der Waals surface area contributed by atoms with Gasteiger partial charge in [0.15, 0.2) is 0 Å². The van der Waals surface area contributed by atoms with Gasteiger partial charge in [-0.15, -0.1) is 0 Å². The van der Waals surface area contributed by atoms with E-state index in [0.29, 0.717) is 18.9 Å². The van der Waals surface area contributed by atoms with Crippen LogP contribution in [0.5, 0.6) is 5.75 Å².